The smallest absolute Gasteiger partial charge is 0.168 e. The normalized spacial score (nSPS) is 19.5. The van der Waals surface area contributed by atoms with Crippen molar-refractivity contribution in [2.75, 3.05) is 13.2 Å². The van der Waals surface area contributed by atoms with Gasteiger partial charge in [0.15, 0.2) is 5.78 Å². The number of hydrogen-bond acceptors (Lipinski definition) is 2. The van der Waals surface area contributed by atoms with Gasteiger partial charge in [0, 0.05) is 22.6 Å². The molecule has 0 aliphatic carbocycles. The van der Waals surface area contributed by atoms with E-state index in [9.17, 15) is 4.79 Å². The van der Waals surface area contributed by atoms with E-state index in [1.807, 2.05) is 30.3 Å². The Kier molecular flexibility index (Phi) is 3.67. The predicted octanol–water partition coefficient (Wildman–Crippen LogP) is 4.21. The third kappa shape index (κ3) is 2.72. The van der Waals surface area contributed by atoms with Gasteiger partial charge in [-0.3, -0.25) is 4.79 Å². The zero-order valence-corrected chi connectivity index (χ0v) is 12.2. The van der Waals surface area contributed by atoms with Gasteiger partial charge in [0.2, 0.25) is 0 Å². The summed E-state index contributed by atoms with van der Waals surface area (Å²) < 4.78 is 6.46. The summed E-state index contributed by atoms with van der Waals surface area (Å²) in [7, 11) is 0. The number of rotatable bonds is 2. The van der Waals surface area contributed by atoms with Gasteiger partial charge in [-0.1, -0.05) is 34.1 Å². The van der Waals surface area contributed by atoms with Crippen LogP contribution in [-0.4, -0.2) is 19.0 Å². The summed E-state index contributed by atoms with van der Waals surface area (Å²) in [5.41, 5.74) is 0.797. The molecule has 0 bridgehead atoms. The molecule has 1 saturated heterocycles. The number of Topliss-reactive ketones (excluding diaryl/α,β-unsaturated/α-hetero) is 1. The topological polar surface area (TPSA) is 26.3 Å². The molecule has 0 radical (unpaired) electrons. The quantitative estimate of drug-likeness (QED) is 0.775. The number of hydrogen-bond donors (Lipinski definition) is 0. The van der Waals surface area contributed by atoms with Crippen LogP contribution in [0.1, 0.15) is 23.2 Å². The lowest BCUT2D eigenvalue weighted by molar-refractivity contribution is 0.0461. The first kappa shape index (κ1) is 12.8. The minimum absolute atomic E-state index is 0.0293. The molecule has 2 aromatic rings. The second-order valence-corrected chi connectivity index (χ2v) is 5.90. The van der Waals surface area contributed by atoms with Gasteiger partial charge in [0.25, 0.3) is 0 Å². The van der Waals surface area contributed by atoms with Crippen LogP contribution in [0.4, 0.5) is 0 Å². The Morgan fingerprint density at radius 2 is 1.95 bits per heavy atom. The van der Waals surface area contributed by atoms with Gasteiger partial charge >= 0.3 is 0 Å². The van der Waals surface area contributed by atoms with Crippen LogP contribution in [0.2, 0.25) is 0 Å². The molecule has 2 aromatic carbocycles. The van der Waals surface area contributed by atoms with E-state index in [0.717, 1.165) is 40.3 Å². The summed E-state index contributed by atoms with van der Waals surface area (Å²) in [5, 5.41) is 2.25. The monoisotopic (exact) mass is 318 g/mol. The zero-order chi connectivity index (χ0) is 13.2. The number of ketones is 1. The van der Waals surface area contributed by atoms with Crippen LogP contribution >= 0.6 is 15.9 Å². The first-order chi connectivity index (χ1) is 9.24. The lowest BCUT2D eigenvalue weighted by atomic mass is 9.92. The second-order valence-electron chi connectivity index (χ2n) is 4.98. The van der Waals surface area contributed by atoms with Crippen LogP contribution < -0.4 is 0 Å². The fraction of sp³-hybridized carbons (Fsp3) is 0.312. The highest BCUT2D eigenvalue weighted by Gasteiger charge is 2.22. The first-order valence-corrected chi connectivity index (χ1v) is 7.34. The minimum Gasteiger partial charge on any atom is -0.381 e. The van der Waals surface area contributed by atoms with Crippen molar-refractivity contribution in [3.05, 3.63) is 46.4 Å². The molecular weight excluding hydrogens is 304 g/mol. The maximum atomic E-state index is 12.4. The molecule has 0 amide bonds. The molecular formula is C16H15BrO2. The molecule has 19 heavy (non-hydrogen) atoms. The molecule has 3 rings (SSSR count). The Morgan fingerprint density at radius 3 is 2.74 bits per heavy atom. The highest BCUT2D eigenvalue weighted by atomic mass is 79.9. The number of carbonyl (C=O) groups excluding carboxylic acids is 1. The van der Waals surface area contributed by atoms with Crippen LogP contribution in [0.5, 0.6) is 0 Å². The van der Waals surface area contributed by atoms with Crippen molar-refractivity contribution in [2.45, 2.75) is 12.8 Å². The molecule has 98 valence electrons. The summed E-state index contributed by atoms with van der Waals surface area (Å²) in [6.07, 6.45) is 1.92. The highest BCUT2D eigenvalue weighted by molar-refractivity contribution is 9.10. The van der Waals surface area contributed by atoms with Gasteiger partial charge in [-0.05, 0) is 41.8 Å². The molecule has 2 nitrogen and oxygen atoms in total. The second kappa shape index (κ2) is 5.43. The van der Waals surface area contributed by atoms with Gasteiger partial charge in [-0.15, -0.1) is 0 Å². The average Bonchev–Trinajstić information content (AvgIpc) is 2.47. The van der Waals surface area contributed by atoms with Gasteiger partial charge in [0.1, 0.15) is 0 Å². The Balaban J connectivity index is 1.92. The van der Waals surface area contributed by atoms with Crippen molar-refractivity contribution in [1.29, 1.82) is 0 Å². The molecule has 0 aromatic heterocycles. The fourth-order valence-corrected chi connectivity index (χ4v) is 2.93. The van der Waals surface area contributed by atoms with E-state index < -0.39 is 0 Å². The van der Waals surface area contributed by atoms with E-state index >= 15 is 0 Å². The maximum absolute atomic E-state index is 12.4. The van der Waals surface area contributed by atoms with E-state index in [2.05, 4.69) is 22.0 Å². The highest BCUT2D eigenvalue weighted by Crippen LogP contribution is 2.24. The van der Waals surface area contributed by atoms with Crippen molar-refractivity contribution in [2.24, 2.45) is 5.92 Å². The molecule has 1 aliphatic rings. The summed E-state index contributed by atoms with van der Waals surface area (Å²) in [6, 6.07) is 12.0. The summed E-state index contributed by atoms with van der Waals surface area (Å²) in [4.78, 5) is 12.4. The van der Waals surface area contributed by atoms with E-state index in [1.54, 1.807) is 0 Å². The van der Waals surface area contributed by atoms with Crippen LogP contribution in [0.15, 0.2) is 40.9 Å². The lowest BCUT2D eigenvalue weighted by Gasteiger charge is -2.20. The Morgan fingerprint density at radius 1 is 1.16 bits per heavy atom. The van der Waals surface area contributed by atoms with Crippen molar-refractivity contribution in [3.8, 4) is 0 Å². The van der Waals surface area contributed by atoms with Crippen molar-refractivity contribution < 1.29 is 9.53 Å². The summed E-state index contributed by atoms with van der Waals surface area (Å²) in [6.45, 7) is 1.35. The summed E-state index contributed by atoms with van der Waals surface area (Å²) in [5.74, 6) is 0.242. The SMILES string of the molecule is O=C(c1ccc2cc(Br)ccc2c1)C1CCCOC1. The summed E-state index contributed by atoms with van der Waals surface area (Å²) >= 11 is 3.46. The number of carbonyl (C=O) groups is 1. The third-order valence-electron chi connectivity index (χ3n) is 3.62. The van der Waals surface area contributed by atoms with Crippen LogP contribution in [0, 0.1) is 5.92 Å². The standard InChI is InChI=1S/C16H15BrO2/c17-15-6-5-11-8-13(4-3-12(11)9-15)16(18)14-2-1-7-19-10-14/h3-6,8-9,14H,1-2,7,10H2. The Bertz CT molecular complexity index is 615. The first-order valence-electron chi connectivity index (χ1n) is 6.55. The molecule has 1 fully saturated rings. The van der Waals surface area contributed by atoms with Crippen LogP contribution in [-0.2, 0) is 4.74 Å². The van der Waals surface area contributed by atoms with Crippen LogP contribution in [0.25, 0.3) is 10.8 Å². The molecule has 0 N–H and O–H groups in total. The van der Waals surface area contributed by atoms with Gasteiger partial charge in [-0.2, -0.15) is 0 Å². The third-order valence-corrected chi connectivity index (χ3v) is 4.11. The number of halogens is 1. The molecule has 1 aliphatic heterocycles. The number of fused-ring (bicyclic) bond motifs is 1. The maximum Gasteiger partial charge on any atom is 0.168 e. The van der Waals surface area contributed by atoms with Crippen molar-refractivity contribution in [3.63, 3.8) is 0 Å². The molecule has 3 heteroatoms. The van der Waals surface area contributed by atoms with E-state index in [0.29, 0.717) is 6.61 Å². The van der Waals surface area contributed by atoms with Crippen molar-refractivity contribution in [1.82, 2.24) is 0 Å². The molecule has 1 unspecified atom stereocenters. The molecule has 0 saturated carbocycles. The van der Waals surface area contributed by atoms with Crippen molar-refractivity contribution >= 4 is 32.5 Å². The molecule has 1 heterocycles. The number of benzene rings is 2. The Labute approximate surface area is 120 Å². The molecule has 0 spiro atoms. The van der Waals surface area contributed by atoms with Gasteiger partial charge < -0.3 is 4.74 Å². The Hall–Kier alpha value is -1.19. The largest absolute Gasteiger partial charge is 0.381 e. The zero-order valence-electron chi connectivity index (χ0n) is 10.6. The minimum atomic E-state index is 0.0293. The van der Waals surface area contributed by atoms with Crippen LogP contribution in [0.3, 0.4) is 0 Å². The lowest BCUT2D eigenvalue weighted by Crippen LogP contribution is -2.25. The van der Waals surface area contributed by atoms with E-state index in [-0.39, 0.29) is 11.7 Å². The van der Waals surface area contributed by atoms with E-state index in [1.165, 1.54) is 0 Å². The average molecular weight is 319 g/mol. The van der Waals surface area contributed by atoms with E-state index in [4.69, 9.17) is 4.74 Å². The van der Waals surface area contributed by atoms with Gasteiger partial charge in [-0.25, -0.2) is 0 Å². The number of ether oxygens (including phenoxy) is 1. The fourth-order valence-electron chi connectivity index (χ4n) is 2.55. The van der Waals surface area contributed by atoms with Gasteiger partial charge in [0.05, 0.1) is 6.61 Å². The predicted molar refractivity (Wildman–Crippen MR) is 79.5 cm³/mol. The molecule has 1 atom stereocenters.